The number of hydrogen-bond donors (Lipinski definition) is 3. The van der Waals surface area contributed by atoms with Gasteiger partial charge in [0.05, 0.1) is 6.61 Å². The molecule has 1 aromatic heterocycles. The van der Waals surface area contributed by atoms with Gasteiger partial charge in [-0.1, -0.05) is 11.3 Å². The van der Waals surface area contributed by atoms with Crippen LogP contribution in [0.2, 0.25) is 0 Å². The first kappa shape index (κ1) is 13.8. The van der Waals surface area contributed by atoms with Crippen LogP contribution in [0.1, 0.15) is 11.9 Å². The number of benzene rings is 1. The summed E-state index contributed by atoms with van der Waals surface area (Å²) in [6.07, 6.45) is 0. The van der Waals surface area contributed by atoms with Gasteiger partial charge < -0.3 is 15.1 Å². The minimum Gasteiger partial charge on any atom is -0.389 e. The maximum atomic E-state index is 10.9. The van der Waals surface area contributed by atoms with Crippen LogP contribution < -0.4 is 10.0 Å². The highest BCUT2D eigenvalue weighted by atomic mass is 32.2. The van der Waals surface area contributed by atoms with Crippen LogP contribution in [-0.2, 0) is 11.4 Å². The number of nitrogens with zero attached hydrogens (tertiary/aromatic N) is 2. The van der Waals surface area contributed by atoms with E-state index in [1.807, 2.05) is 24.3 Å². The lowest BCUT2D eigenvalue weighted by atomic mass is 10.3. The maximum absolute atomic E-state index is 10.9. The summed E-state index contributed by atoms with van der Waals surface area (Å²) in [5.41, 5.74) is 0.760. The van der Waals surface area contributed by atoms with E-state index in [4.69, 9.17) is 5.11 Å². The highest BCUT2D eigenvalue weighted by molar-refractivity contribution is 8.00. The molecule has 2 rings (SSSR count). The van der Waals surface area contributed by atoms with E-state index in [-0.39, 0.29) is 12.5 Å². The minimum absolute atomic E-state index is 0.0936. The zero-order chi connectivity index (χ0) is 13.7. The average molecular weight is 296 g/mol. The molecular weight excluding hydrogens is 284 g/mol. The second-order valence-corrected chi connectivity index (χ2v) is 5.51. The Balaban J connectivity index is 1.90. The Bertz CT molecular complexity index is 556. The Morgan fingerprint density at radius 1 is 1.37 bits per heavy atom. The summed E-state index contributed by atoms with van der Waals surface area (Å²) in [5.74, 6) is -0.0936. The second kappa shape index (κ2) is 6.50. The molecule has 0 aliphatic carbocycles. The zero-order valence-corrected chi connectivity index (χ0v) is 11.7. The van der Waals surface area contributed by atoms with Crippen molar-refractivity contribution in [2.24, 2.45) is 0 Å². The van der Waals surface area contributed by atoms with Crippen LogP contribution in [0.5, 0.6) is 0 Å². The van der Waals surface area contributed by atoms with Gasteiger partial charge >= 0.3 is 0 Å². The number of rotatable bonds is 5. The molecule has 0 aliphatic heterocycles. The fourth-order valence-electron chi connectivity index (χ4n) is 1.27. The summed E-state index contributed by atoms with van der Waals surface area (Å²) < 4.78 is 3.04. The highest BCUT2D eigenvalue weighted by Crippen LogP contribution is 2.24. The minimum atomic E-state index is -0.102. The van der Waals surface area contributed by atoms with Crippen molar-refractivity contribution in [2.75, 3.05) is 10.0 Å². The summed E-state index contributed by atoms with van der Waals surface area (Å²) in [7, 11) is 0. The van der Waals surface area contributed by atoms with Gasteiger partial charge in [-0.05, 0) is 36.2 Å². The number of nitrogens with one attached hydrogen (secondary N) is 2. The summed E-state index contributed by atoms with van der Waals surface area (Å²) in [4.78, 5) is 11.9. The van der Waals surface area contributed by atoms with E-state index in [1.165, 1.54) is 30.2 Å². The molecule has 0 radical (unpaired) electrons. The van der Waals surface area contributed by atoms with E-state index < -0.39 is 0 Å². The molecule has 6 nitrogen and oxygen atoms in total. The molecule has 0 bridgehead atoms. The van der Waals surface area contributed by atoms with Crippen LogP contribution in [0.25, 0.3) is 0 Å². The van der Waals surface area contributed by atoms with Crippen molar-refractivity contribution >= 4 is 40.0 Å². The van der Waals surface area contributed by atoms with Crippen LogP contribution in [0, 0.1) is 0 Å². The van der Waals surface area contributed by atoms with Crippen LogP contribution >= 0.6 is 23.3 Å². The van der Waals surface area contributed by atoms with Crippen LogP contribution in [0.15, 0.2) is 29.2 Å². The van der Waals surface area contributed by atoms with Gasteiger partial charge in [-0.2, -0.15) is 0 Å². The van der Waals surface area contributed by atoms with Crippen molar-refractivity contribution in [1.82, 2.24) is 10.2 Å². The number of aromatic nitrogens is 2. The van der Waals surface area contributed by atoms with Crippen molar-refractivity contribution in [1.29, 1.82) is 0 Å². The molecule has 0 aliphatic rings. The number of aliphatic hydroxyl groups is 1. The lowest BCUT2D eigenvalue weighted by Crippen LogP contribution is -2.05. The summed E-state index contributed by atoms with van der Waals surface area (Å²) in [6, 6.07) is 7.42. The van der Waals surface area contributed by atoms with E-state index in [2.05, 4.69) is 20.2 Å². The van der Waals surface area contributed by atoms with Crippen molar-refractivity contribution < 1.29 is 9.90 Å². The Morgan fingerprint density at radius 3 is 2.68 bits per heavy atom. The van der Waals surface area contributed by atoms with Crippen LogP contribution in [-0.4, -0.2) is 21.2 Å². The van der Waals surface area contributed by atoms with Crippen LogP contribution in [0.4, 0.5) is 10.8 Å². The molecule has 1 heterocycles. The van der Waals surface area contributed by atoms with Gasteiger partial charge in [0.25, 0.3) is 0 Å². The lowest BCUT2D eigenvalue weighted by molar-refractivity contribution is -0.114. The Labute approximate surface area is 118 Å². The molecule has 0 spiro atoms. The third-order valence-electron chi connectivity index (χ3n) is 2.03. The number of carbonyl (C=O) groups excluding carboxylic acids is 1. The predicted molar refractivity (Wildman–Crippen MR) is 76.1 cm³/mol. The standard InChI is InChI=1S/C11H12N4O2S2/c1-7(17)12-8-2-4-9(5-3-8)19-15-11-14-13-10(6-16)18-11/h2-5,16H,6H2,1H3,(H,12,17)(H,14,15). The second-order valence-electron chi connectivity index (χ2n) is 3.57. The molecule has 0 saturated heterocycles. The monoisotopic (exact) mass is 296 g/mol. The van der Waals surface area contributed by atoms with Crippen molar-refractivity contribution in [3.05, 3.63) is 29.3 Å². The van der Waals surface area contributed by atoms with Gasteiger partial charge in [-0.25, -0.2) is 0 Å². The topological polar surface area (TPSA) is 87.1 Å². The molecular formula is C11H12N4O2S2. The Kier molecular flexibility index (Phi) is 4.72. The smallest absolute Gasteiger partial charge is 0.221 e. The normalized spacial score (nSPS) is 10.2. The van der Waals surface area contributed by atoms with Gasteiger partial charge in [0.15, 0.2) is 0 Å². The molecule has 0 saturated carbocycles. The quantitative estimate of drug-likeness (QED) is 0.733. The third-order valence-corrected chi connectivity index (χ3v) is 3.79. The first-order valence-corrected chi connectivity index (χ1v) is 7.04. The fraction of sp³-hybridized carbons (Fsp3) is 0.182. The number of carbonyl (C=O) groups is 1. The van der Waals surface area contributed by atoms with Crippen LogP contribution in [0.3, 0.4) is 0 Å². The summed E-state index contributed by atoms with van der Waals surface area (Å²) in [5, 5.41) is 20.5. The Hall–Kier alpha value is -1.64. The molecule has 100 valence electrons. The van der Waals surface area contributed by atoms with E-state index >= 15 is 0 Å². The number of anilines is 2. The average Bonchev–Trinajstić information content (AvgIpc) is 2.85. The predicted octanol–water partition coefficient (Wildman–Crippen LogP) is 2.11. The summed E-state index contributed by atoms with van der Waals surface area (Å²) in [6.45, 7) is 1.37. The van der Waals surface area contributed by atoms with Crippen molar-refractivity contribution in [3.8, 4) is 0 Å². The molecule has 8 heteroatoms. The molecule has 0 atom stereocenters. The first-order chi connectivity index (χ1) is 9.17. The van der Waals surface area contributed by atoms with Crippen molar-refractivity contribution in [3.63, 3.8) is 0 Å². The zero-order valence-electron chi connectivity index (χ0n) is 10.1. The molecule has 2 aromatic rings. The lowest BCUT2D eigenvalue weighted by Gasteiger charge is -2.04. The number of amides is 1. The van der Waals surface area contributed by atoms with Gasteiger partial charge in [0.1, 0.15) is 5.01 Å². The molecule has 1 aromatic carbocycles. The number of aliphatic hydroxyl groups excluding tert-OH is 1. The van der Waals surface area contributed by atoms with Gasteiger partial charge in [-0.3, -0.25) is 4.79 Å². The highest BCUT2D eigenvalue weighted by Gasteiger charge is 2.03. The molecule has 0 unspecified atom stereocenters. The van der Waals surface area contributed by atoms with Gasteiger partial charge in [0.2, 0.25) is 11.0 Å². The molecule has 3 N–H and O–H groups in total. The Morgan fingerprint density at radius 2 is 2.11 bits per heavy atom. The van der Waals surface area contributed by atoms with E-state index in [0.29, 0.717) is 10.1 Å². The van der Waals surface area contributed by atoms with E-state index in [1.54, 1.807) is 0 Å². The SMILES string of the molecule is CC(=O)Nc1ccc(SNc2nnc(CO)s2)cc1. The fourth-order valence-corrected chi connectivity index (χ4v) is 2.53. The number of hydrogen-bond acceptors (Lipinski definition) is 7. The molecule has 19 heavy (non-hydrogen) atoms. The maximum Gasteiger partial charge on any atom is 0.221 e. The summed E-state index contributed by atoms with van der Waals surface area (Å²) >= 11 is 2.69. The van der Waals surface area contributed by atoms with Gasteiger partial charge in [-0.15, -0.1) is 10.2 Å². The van der Waals surface area contributed by atoms with E-state index in [9.17, 15) is 4.79 Å². The van der Waals surface area contributed by atoms with Crippen molar-refractivity contribution in [2.45, 2.75) is 18.4 Å². The molecule has 0 fully saturated rings. The first-order valence-electron chi connectivity index (χ1n) is 5.41. The third kappa shape index (κ3) is 4.19. The molecule has 1 amide bonds. The largest absolute Gasteiger partial charge is 0.389 e. The van der Waals surface area contributed by atoms with E-state index in [0.717, 1.165) is 10.6 Å². The van der Waals surface area contributed by atoms with Gasteiger partial charge in [0, 0.05) is 17.5 Å².